The Labute approximate surface area is 187 Å². The molecule has 3 aromatic rings. The molecule has 0 radical (unpaired) electrons. The number of hydrogen-bond donors (Lipinski definition) is 1. The molecule has 1 saturated heterocycles. The fourth-order valence-corrected chi connectivity index (χ4v) is 4.37. The van der Waals surface area contributed by atoms with Crippen LogP contribution in [-0.2, 0) is 6.54 Å². The number of phenolic OH excluding ortho intramolecular Hbond substituents is 1. The van der Waals surface area contributed by atoms with Gasteiger partial charge in [0.2, 0.25) is 5.75 Å². The molecule has 32 heavy (non-hydrogen) atoms. The van der Waals surface area contributed by atoms with Gasteiger partial charge in [0.15, 0.2) is 11.5 Å². The molecule has 0 saturated carbocycles. The van der Waals surface area contributed by atoms with E-state index >= 15 is 0 Å². The zero-order valence-electron chi connectivity index (χ0n) is 18.6. The van der Waals surface area contributed by atoms with E-state index in [-0.39, 0.29) is 17.5 Å². The Morgan fingerprint density at radius 2 is 1.81 bits per heavy atom. The Morgan fingerprint density at radius 1 is 1.12 bits per heavy atom. The highest BCUT2D eigenvalue weighted by atomic mass is 19.1. The maximum atomic E-state index is 13.4. The van der Waals surface area contributed by atoms with Crippen molar-refractivity contribution in [2.45, 2.75) is 32.2 Å². The van der Waals surface area contributed by atoms with Crippen LogP contribution in [0, 0.1) is 12.7 Å². The molecular weight excluding hydrogens is 409 g/mol. The summed E-state index contributed by atoms with van der Waals surface area (Å²) in [6, 6.07) is 10.2. The zero-order chi connectivity index (χ0) is 22.7. The lowest BCUT2D eigenvalue weighted by molar-refractivity contribution is 0.198. The number of hydrogen-bond acceptors (Lipinski definition) is 6. The van der Waals surface area contributed by atoms with Gasteiger partial charge in [0.1, 0.15) is 11.6 Å². The topological polar surface area (TPSA) is 67.7 Å². The summed E-state index contributed by atoms with van der Waals surface area (Å²) < 4.78 is 24.0. The number of piperidine rings is 1. The van der Waals surface area contributed by atoms with E-state index in [2.05, 4.69) is 9.88 Å². The second-order valence-electron chi connectivity index (χ2n) is 8.15. The quantitative estimate of drug-likeness (QED) is 0.603. The largest absolute Gasteiger partial charge is 0.502 e. The van der Waals surface area contributed by atoms with Crippen molar-refractivity contribution in [2.24, 2.45) is 0 Å². The van der Waals surface area contributed by atoms with Crippen molar-refractivity contribution >= 4 is 0 Å². The van der Waals surface area contributed by atoms with Crippen LogP contribution in [0.1, 0.15) is 35.8 Å². The lowest BCUT2D eigenvalue weighted by atomic mass is 9.89. The van der Waals surface area contributed by atoms with E-state index in [0.29, 0.717) is 18.0 Å². The molecule has 0 aliphatic carbocycles. The Hall–Kier alpha value is -3.19. The first-order chi connectivity index (χ1) is 15.5. The Kier molecular flexibility index (Phi) is 6.55. The number of aryl methyl sites for hydroxylation is 1. The number of aromatic hydroxyl groups is 1. The van der Waals surface area contributed by atoms with E-state index in [1.54, 1.807) is 12.1 Å². The zero-order valence-corrected chi connectivity index (χ0v) is 18.6. The number of ether oxygens (including phenoxy) is 2. The fraction of sp³-hybridized carbons (Fsp3) is 0.360. The highest BCUT2D eigenvalue weighted by molar-refractivity contribution is 5.65. The third kappa shape index (κ3) is 4.67. The highest BCUT2D eigenvalue weighted by Crippen LogP contribution is 2.38. The van der Waals surface area contributed by atoms with Crippen LogP contribution in [0.2, 0.25) is 0 Å². The molecule has 1 N–H and O–H groups in total. The molecule has 6 nitrogen and oxygen atoms in total. The fourth-order valence-electron chi connectivity index (χ4n) is 4.37. The minimum absolute atomic E-state index is 0.00988. The van der Waals surface area contributed by atoms with E-state index in [4.69, 9.17) is 14.5 Å². The third-order valence-corrected chi connectivity index (χ3v) is 5.93. The number of benzene rings is 2. The van der Waals surface area contributed by atoms with E-state index < -0.39 is 0 Å². The van der Waals surface area contributed by atoms with Gasteiger partial charge in [-0.2, -0.15) is 0 Å². The van der Waals surface area contributed by atoms with Gasteiger partial charge in [-0.05, 0) is 61.7 Å². The molecule has 7 heteroatoms. The molecule has 2 heterocycles. The van der Waals surface area contributed by atoms with Gasteiger partial charge in [-0.25, -0.2) is 14.4 Å². The lowest BCUT2D eigenvalue weighted by Gasteiger charge is -2.33. The normalized spacial score (nSPS) is 16.7. The number of nitrogens with zero attached hydrogens (tertiary/aromatic N) is 3. The number of halogens is 1. The van der Waals surface area contributed by atoms with E-state index in [1.165, 1.54) is 26.4 Å². The van der Waals surface area contributed by atoms with Crippen molar-refractivity contribution in [3.8, 4) is 28.4 Å². The summed E-state index contributed by atoms with van der Waals surface area (Å²) in [4.78, 5) is 11.6. The SMILES string of the molecule is COc1cc(CN2CCC[C@@H](c3nc(C)ncc3-c3ccc(F)cc3)C2)cc(OC)c1O. The summed E-state index contributed by atoms with van der Waals surface area (Å²) in [7, 11) is 3.06. The average Bonchev–Trinajstić information content (AvgIpc) is 2.81. The van der Waals surface area contributed by atoms with Gasteiger partial charge < -0.3 is 14.6 Å². The molecular formula is C25H28FN3O3. The summed E-state index contributed by atoms with van der Waals surface area (Å²) in [6.45, 7) is 4.42. The summed E-state index contributed by atoms with van der Waals surface area (Å²) in [5, 5.41) is 10.2. The number of methoxy groups -OCH3 is 2. The van der Waals surface area contributed by atoms with E-state index in [1.807, 2.05) is 25.3 Å². The molecule has 2 aromatic carbocycles. The smallest absolute Gasteiger partial charge is 0.200 e. The monoisotopic (exact) mass is 437 g/mol. The van der Waals surface area contributed by atoms with Gasteiger partial charge in [0.05, 0.1) is 19.9 Å². The highest BCUT2D eigenvalue weighted by Gasteiger charge is 2.26. The number of phenols is 1. The van der Waals surface area contributed by atoms with Crippen LogP contribution < -0.4 is 9.47 Å². The van der Waals surface area contributed by atoms with Crippen molar-refractivity contribution in [1.82, 2.24) is 14.9 Å². The van der Waals surface area contributed by atoms with Crippen molar-refractivity contribution in [3.63, 3.8) is 0 Å². The van der Waals surface area contributed by atoms with Crippen LogP contribution in [0.4, 0.5) is 4.39 Å². The van der Waals surface area contributed by atoms with Crippen molar-refractivity contribution in [2.75, 3.05) is 27.3 Å². The first-order valence-electron chi connectivity index (χ1n) is 10.7. The summed E-state index contributed by atoms with van der Waals surface area (Å²) in [5.41, 5.74) is 3.89. The number of aromatic nitrogens is 2. The summed E-state index contributed by atoms with van der Waals surface area (Å²) in [6.07, 6.45) is 3.92. The van der Waals surface area contributed by atoms with Crippen LogP contribution in [-0.4, -0.2) is 47.3 Å². The molecule has 1 aliphatic rings. The predicted octanol–water partition coefficient (Wildman–Crippen LogP) is 4.69. The molecule has 1 aliphatic heterocycles. The molecule has 1 fully saturated rings. The third-order valence-electron chi connectivity index (χ3n) is 5.93. The molecule has 1 aromatic heterocycles. The van der Waals surface area contributed by atoms with Crippen LogP contribution in [0.3, 0.4) is 0 Å². The van der Waals surface area contributed by atoms with Crippen LogP contribution in [0.5, 0.6) is 17.2 Å². The standard InChI is InChI=1S/C25H28FN3O3/c1-16-27-13-21(18-6-8-20(26)9-7-18)24(28-16)19-5-4-10-29(15-19)14-17-11-22(31-2)25(30)23(12-17)32-3/h6-9,11-13,19,30H,4-5,10,14-15H2,1-3H3/t19-/m1/s1. The first kappa shape index (κ1) is 22.0. The summed E-state index contributed by atoms with van der Waals surface area (Å²) in [5.74, 6) is 1.53. The van der Waals surface area contributed by atoms with Crippen molar-refractivity contribution in [1.29, 1.82) is 0 Å². The van der Waals surface area contributed by atoms with E-state index in [9.17, 15) is 9.50 Å². The molecule has 0 spiro atoms. The molecule has 0 amide bonds. The lowest BCUT2D eigenvalue weighted by Crippen LogP contribution is -2.34. The summed E-state index contributed by atoms with van der Waals surface area (Å²) >= 11 is 0. The van der Waals surface area contributed by atoms with Crippen molar-refractivity contribution < 1.29 is 19.0 Å². The molecule has 168 valence electrons. The maximum absolute atomic E-state index is 13.4. The minimum Gasteiger partial charge on any atom is -0.502 e. The second kappa shape index (κ2) is 9.53. The van der Waals surface area contributed by atoms with Crippen LogP contribution >= 0.6 is 0 Å². The van der Waals surface area contributed by atoms with Crippen LogP contribution in [0.25, 0.3) is 11.1 Å². The molecule has 0 unspecified atom stereocenters. The predicted molar refractivity (Wildman–Crippen MR) is 121 cm³/mol. The molecule has 0 bridgehead atoms. The Balaban J connectivity index is 1.59. The van der Waals surface area contributed by atoms with Crippen LogP contribution in [0.15, 0.2) is 42.6 Å². The average molecular weight is 438 g/mol. The van der Waals surface area contributed by atoms with Crippen molar-refractivity contribution in [3.05, 3.63) is 65.5 Å². The Morgan fingerprint density at radius 3 is 2.47 bits per heavy atom. The Bertz CT molecular complexity index is 1060. The molecule has 4 rings (SSSR count). The second-order valence-corrected chi connectivity index (χ2v) is 8.15. The maximum Gasteiger partial charge on any atom is 0.200 e. The van der Waals surface area contributed by atoms with E-state index in [0.717, 1.165) is 54.1 Å². The molecule has 1 atom stereocenters. The van der Waals surface area contributed by atoms with Gasteiger partial charge >= 0.3 is 0 Å². The number of likely N-dealkylation sites (tertiary alicyclic amines) is 1. The van der Waals surface area contributed by atoms with Gasteiger partial charge in [-0.15, -0.1) is 0 Å². The van der Waals surface area contributed by atoms with Gasteiger partial charge in [-0.1, -0.05) is 12.1 Å². The van der Waals surface area contributed by atoms with Gasteiger partial charge in [0.25, 0.3) is 0 Å². The minimum atomic E-state index is -0.257. The number of rotatable bonds is 6. The van der Waals surface area contributed by atoms with Gasteiger partial charge in [-0.3, -0.25) is 4.90 Å². The van der Waals surface area contributed by atoms with Gasteiger partial charge in [0, 0.05) is 30.8 Å². The first-order valence-corrected chi connectivity index (χ1v) is 10.7.